The summed E-state index contributed by atoms with van der Waals surface area (Å²) in [7, 11) is 0. The Morgan fingerprint density at radius 1 is 0.929 bits per heavy atom. The van der Waals surface area contributed by atoms with E-state index in [1.807, 2.05) is 24.4 Å². The van der Waals surface area contributed by atoms with Gasteiger partial charge in [-0.15, -0.1) is 0 Å². The van der Waals surface area contributed by atoms with Gasteiger partial charge in [0, 0.05) is 47.8 Å². The zero-order valence-corrected chi connectivity index (χ0v) is 15.6. The number of morpholine rings is 1. The Hall–Kier alpha value is -3.31. The lowest BCUT2D eigenvalue weighted by Gasteiger charge is -2.28. The molecule has 5 rings (SSSR count). The molecule has 28 heavy (non-hydrogen) atoms. The summed E-state index contributed by atoms with van der Waals surface area (Å²) in [6.07, 6.45) is 1.91. The first-order chi connectivity index (χ1) is 13.8. The average Bonchev–Trinajstić information content (AvgIpc) is 3.19. The summed E-state index contributed by atoms with van der Waals surface area (Å²) in [5.74, 6) is 0.827. The molecule has 0 atom stereocenters. The van der Waals surface area contributed by atoms with Crippen LogP contribution in [0.2, 0.25) is 0 Å². The third-order valence-corrected chi connectivity index (χ3v) is 5.10. The Morgan fingerprint density at radius 3 is 2.50 bits per heavy atom. The van der Waals surface area contributed by atoms with Gasteiger partial charge < -0.3 is 19.9 Å². The summed E-state index contributed by atoms with van der Waals surface area (Å²) in [5, 5.41) is 4.50. The van der Waals surface area contributed by atoms with Crippen LogP contribution in [0, 0.1) is 0 Å². The Kier molecular flexibility index (Phi) is 4.43. The topological polar surface area (TPSA) is 53.2 Å². The maximum atomic E-state index is 5.42. The molecule has 5 nitrogen and oxygen atoms in total. The first-order valence-corrected chi connectivity index (χ1v) is 9.59. The maximum absolute atomic E-state index is 5.42. The smallest absolute Gasteiger partial charge is 0.132 e. The quantitative estimate of drug-likeness (QED) is 0.541. The van der Waals surface area contributed by atoms with Gasteiger partial charge in [0.05, 0.1) is 18.7 Å². The summed E-state index contributed by atoms with van der Waals surface area (Å²) in [5.41, 5.74) is 5.60. The van der Waals surface area contributed by atoms with Crippen molar-refractivity contribution in [3.05, 3.63) is 72.9 Å². The number of benzene rings is 2. The number of pyridine rings is 1. The second kappa shape index (κ2) is 7.37. The van der Waals surface area contributed by atoms with E-state index in [9.17, 15) is 0 Å². The van der Waals surface area contributed by atoms with E-state index in [0.717, 1.165) is 54.4 Å². The summed E-state index contributed by atoms with van der Waals surface area (Å²) in [6.45, 7) is 3.49. The minimum Gasteiger partial charge on any atom is -0.378 e. The predicted octanol–water partition coefficient (Wildman–Crippen LogP) is 4.81. The lowest BCUT2D eigenvalue weighted by molar-refractivity contribution is 0.122. The number of aromatic amines is 1. The van der Waals surface area contributed by atoms with Crippen molar-refractivity contribution in [3.63, 3.8) is 0 Å². The number of ether oxygens (including phenoxy) is 1. The van der Waals surface area contributed by atoms with Crippen LogP contribution in [0.25, 0.3) is 22.2 Å². The van der Waals surface area contributed by atoms with Crippen LogP contribution in [-0.4, -0.2) is 36.3 Å². The van der Waals surface area contributed by atoms with Gasteiger partial charge in [-0.25, -0.2) is 4.98 Å². The monoisotopic (exact) mass is 370 g/mol. The van der Waals surface area contributed by atoms with Crippen molar-refractivity contribution in [3.8, 4) is 11.3 Å². The van der Waals surface area contributed by atoms with Crippen LogP contribution in [0.5, 0.6) is 0 Å². The molecule has 0 unspecified atom stereocenters. The molecule has 4 aromatic rings. The van der Waals surface area contributed by atoms with Crippen LogP contribution >= 0.6 is 0 Å². The van der Waals surface area contributed by atoms with Gasteiger partial charge in [0.1, 0.15) is 5.82 Å². The molecule has 0 radical (unpaired) electrons. The van der Waals surface area contributed by atoms with Gasteiger partial charge >= 0.3 is 0 Å². The molecule has 0 aliphatic carbocycles. The molecule has 140 valence electrons. The molecule has 1 saturated heterocycles. The van der Waals surface area contributed by atoms with Gasteiger partial charge in [0.15, 0.2) is 0 Å². The third kappa shape index (κ3) is 3.44. The number of nitrogens with zero attached hydrogens (tertiary/aromatic N) is 2. The molecule has 0 spiro atoms. The molecule has 3 heterocycles. The van der Waals surface area contributed by atoms with Crippen molar-refractivity contribution >= 4 is 28.1 Å². The molecule has 1 aliphatic rings. The Bertz CT molecular complexity index is 1070. The summed E-state index contributed by atoms with van der Waals surface area (Å²) < 4.78 is 5.42. The molecule has 0 amide bonds. The second-order valence-electron chi connectivity index (χ2n) is 6.98. The van der Waals surface area contributed by atoms with Crippen LogP contribution in [0.3, 0.4) is 0 Å². The fraction of sp³-hybridized carbons (Fsp3) is 0.174. The van der Waals surface area contributed by atoms with Crippen molar-refractivity contribution < 1.29 is 4.74 Å². The highest BCUT2D eigenvalue weighted by atomic mass is 16.5. The first-order valence-electron chi connectivity index (χ1n) is 9.59. The predicted molar refractivity (Wildman–Crippen MR) is 114 cm³/mol. The molecule has 2 aromatic carbocycles. The van der Waals surface area contributed by atoms with Crippen LogP contribution < -0.4 is 10.2 Å². The van der Waals surface area contributed by atoms with E-state index >= 15 is 0 Å². The van der Waals surface area contributed by atoms with Crippen molar-refractivity contribution in [1.29, 1.82) is 0 Å². The van der Waals surface area contributed by atoms with Gasteiger partial charge in [0.25, 0.3) is 0 Å². The number of hydrogen-bond donors (Lipinski definition) is 2. The van der Waals surface area contributed by atoms with Crippen LogP contribution in [0.4, 0.5) is 17.2 Å². The van der Waals surface area contributed by atoms with E-state index in [0.29, 0.717) is 0 Å². The van der Waals surface area contributed by atoms with Crippen LogP contribution in [0.15, 0.2) is 72.9 Å². The number of nitrogens with one attached hydrogen (secondary N) is 2. The molecule has 1 fully saturated rings. The highest BCUT2D eigenvalue weighted by molar-refractivity contribution is 5.87. The molecular weight excluding hydrogens is 348 g/mol. The van der Waals surface area contributed by atoms with Gasteiger partial charge in [-0.05, 0) is 35.9 Å². The van der Waals surface area contributed by atoms with Gasteiger partial charge in [-0.3, -0.25) is 0 Å². The van der Waals surface area contributed by atoms with Crippen molar-refractivity contribution in [2.24, 2.45) is 0 Å². The molecule has 2 N–H and O–H groups in total. The van der Waals surface area contributed by atoms with E-state index in [2.05, 4.69) is 68.7 Å². The highest BCUT2D eigenvalue weighted by Gasteiger charge is 2.11. The minimum atomic E-state index is 0.797. The Balaban J connectivity index is 1.35. The maximum Gasteiger partial charge on any atom is 0.132 e. The number of hydrogen-bond acceptors (Lipinski definition) is 4. The molecule has 0 bridgehead atoms. The average molecular weight is 370 g/mol. The number of anilines is 3. The summed E-state index contributed by atoms with van der Waals surface area (Å²) in [6, 6.07) is 23.0. The van der Waals surface area contributed by atoms with E-state index in [1.165, 1.54) is 11.3 Å². The van der Waals surface area contributed by atoms with Gasteiger partial charge in [-0.2, -0.15) is 0 Å². The Labute approximate surface area is 164 Å². The van der Waals surface area contributed by atoms with E-state index in [-0.39, 0.29) is 0 Å². The van der Waals surface area contributed by atoms with Crippen LogP contribution in [-0.2, 0) is 4.74 Å². The molecule has 1 aliphatic heterocycles. The zero-order valence-electron chi connectivity index (χ0n) is 15.6. The third-order valence-electron chi connectivity index (χ3n) is 5.10. The number of rotatable bonds is 4. The van der Waals surface area contributed by atoms with Gasteiger partial charge in [0.2, 0.25) is 0 Å². The summed E-state index contributed by atoms with van der Waals surface area (Å²) in [4.78, 5) is 10.4. The van der Waals surface area contributed by atoms with E-state index in [1.54, 1.807) is 0 Å². The number of aromatic nitrogens is 2. The van der Waals surface area contributed by atoms with Crippen molar-refractivity contribution in [2.75, 3.05) is 36.5 Å². The zero-order chi connectivity index (χ0) is 18.8. The molecule has 5 heteroatoms. The minimum absolute atomic E-state index is 0.797. The van der Waals surface area contributed by atoms with Crippen molar-refractivity contribution in [2.45, 2.75) is 0 Å². The number of H-pyrrole nitrogens is 1. The van der Waals surface area contributed by atoms with E-state index < -0.39 is 0 Å². The number of fused-ring (bicyclic) bond motifs is 1. The molecule has 2 aromatic heterocycles. The largest absolute Gasteiger partial charge is 0.378 e. The van der Waals surface area contributed by atoms with E-state index in [4.69, 9.17) is 4.74 Å². The van der Waals surface area contributed by atoms with Crippen molar-refractivity contribution in [1.82, 2.24) is 9.97 Å². The fourth-order valence-corrected chi connectivity index (χ4v) is 3.59. The second-order valence-corrected chi connectivity index (χ2v) is 6.98. The SMILES string of the molecule is c1ccc(-c2cc3cnc(Nc4ccc(N5CCOCC5)cc4)cc3[nH]2)cc1. The first kappa shape index (κ1) is 16.8. The fourth-order valence-electron chi connectivity index (χ4n) is 3.59. The standard InChI is InChI=1S/C23H22N4O/c1-2-4-17(5-3-1)21-14-18-16-24-23(15-22(18)26-21)25-19-6-8-20(9-7-19)27-10-12-28-13-11-27/h1-9,14-16,26H,10-13H2,(H,24,25). The normalized spacial score (nSPS) is 14.4. The van der Waals surface area contributed by atoms with Crippen LogP contribution in [0.1, 0.15) is 0 Å². The molecular formula is C23H22N4O. The lowest BCUT2D eigenvalue weighted by Crippen LogP contribution is -2.36. The lowest BCUT2D eigenvalue weighted by atomic mass is 10.1. The summed E-state index contributed by atoms with van der Waals surface area (Å²) >= 11 is 0. The Morgan fingerprint density at radius 2 is 1.71 bits per heavy atom. The van der Waals surface area contributed by atoms with Gasteiger partial charge in [-0.1, -0.05) is 30.3 Å². The molecule has 0 saturated carbocycles. The highest BCUT2D eigenvalue weighted by Crippen LogP contribution is 2.26.